The molecule has 3 aliphatic heterocycles. The van der Waals surface area contributed by atoms with Gasteiger partial charge in [-0.1, -0.05) is 30.7 Å². The lowest BCUT2D eigenvalue weighted by atomic mass is 9.89. The number of para-hydroxylation sites is 1. The molecule has 0 spiro atoms. The molecule has 248 valence electrons. The molecule has 2 aromatic heterocycles. The highest BCUT2D eigenvalue weighted by molar-refractivity contribution is 5.85. The number of carbonyl (C=O) groups is 2. The van der Waals surface area contributed by atoms with E-state index in [1.165, 1.54) is 19.3 Å². The highest BCUT2D eigenvalue weighted by Gasteiger charge is 2.35. The van der Waals surface area contributed by atoms with Crippen molar-refractivity contribution in [2.24, 2.45) is 0 Å². The normalized spacial score (nSPS) is 19.3. The maximum Gasteiger partial charge on any atom is 0.417 e. The number of hydrogen-bond acceptors (Lipinski definition) is 7. The van der Waals surface area contributed by atoms with Crippen molar-refractivity contribution in [2.45, 2.75) is 76.4 Å². The Morgan fingerprint density at radius 3 is 2.38 bits per heavy atom. The summed E-state index contributed by atoms with van der Waals surface area (Å²) in [6.07, 6.45) is 5.46. The van der Waals surface area contributed by atoms with Crippen molar-refractivity contribution in [2.75, 3.05) is 39.3 Å². The molecular formula is C36H43N5O6. The lowest BCUT2D eigenvalue weighted by Crippen LogP contribution is -2.52. The van der Waals surface area contributed by atoms with Crippen LogP contribution in [0.15, 0.2) is 56.5 Å². The van der Waals surface area contributed by atoms with Crippen LogP contribution in [0.5, 0.6) is 0 Å². The number of aromatic amines is 2. The number of rotatable bonds is 6. The fourth-order valence-electron chi connectivity index (χ4n) is 7.78. The summed E-state index contributed by atoms with van der Waals surface area (Å²) >= 11 is 0. The lowest BCUT2D eigenvalue weighted by Gasteiger charge is -2.41. The van der Waals surface area contributed by atoms with Crippen LogP contribution in [0, 0.1) is 6.92 Å². The van der Waals surface area contributed by atoms with Crippen molar-refractivity contribution in [1.29, 1.82) is 0 Å². The van der Waals surface area contributed by atoms with Crippen LogP contribution in [-0.2, 0) is 16.0 Å². The Bertz CT molecular complexity index is 1870. The molecule has 1 atom stereocenters. The van der Waals surface area contributed by atoms with Gasteiger partial charge in [0.25, 0.3) is 11.5 Å². The molecule has 4 aromatic rings. The van der Waals surface area contributed by atoms with Gasteiger partial charge in [0.1, 0.15) is 0 Å². The number of ether oxygens (including phenoxy) is 1. The number of aromatic nitrogens is 2. The molecule has 0 bridgehead atoms. The zero-order valence-electron chi connectivity index (χ0n) is 27.0. The summed E-state index contributed by atoms with van der Waals surface area (Å²) in [5, 5.41) is 0.984. The van der Waals surface area contributed by atoms with Crippen molar-refractivity contribution < 1.29 is 18.7 Å². The quantitative estimate of drug-likeness (QED) is 0.313. The molecule has 5 heterocycles. The number of benzene rings is 2. The van der Waals surface area contributed by atoms with E-state index in [1.807, 2.05) is 48.2 Å². The molecule has 3 fully saturated rings. The maximum atomic E-state index is 14.0. The standard InChI is InChI=1S/C36H43N5O6/c1-23-19-24(20-30-32(23)38-35(44)46-30)21-31(34(43)40-17-11-27(12-18-40)39-13-5-2-6-14-39)47-36(45)41-15-9-25(10-16-41)28-22-26-7-3-4-8-29(26)37-33(28)42/h3-4,7-8,19-20,22,25,27,31H,2,5-6,9-18,21H2,1H3,(H,37,42)(H,38,44). The number of H-pyrrole nitrogens is 2. The lowest BCUT2D eigenvalue weighted by molar-refractivity contribution is -0.142. The highest BCUT2D eigenvalue weighted by Crippen LogP contribution is 2.29. The fraction of sp³-hybridized carbons (Fsp3) is 0.500. The average Bonchev–Trinajstić information content (AvgIpc) is 3.48. The number of carbonyl (C=O) groups excluding carboxylic acids is 2. The Labute approximate surface area is 272 Å². The number of fused-ring (bicyclic) bond motifs is 2. The van der Waals surface area contributed by atoms with Crippen molar-refractivity contribution in [3.8, 4) is 0 Å². The first-order chi connectivity index (χ1) is 22.8. The molecule has 47 heavy (non-hydrogen) atoms. The third kappa shape index (κ3) is 6.72. The smallest absolute Gasteiger partial charge is 0.417 e. The summed E-state index contributed by atoms with van der Waals surface area (Å²) in [5.41, 5.74) is 4.05. The minimum Gasteiger partial charge on any atom is -0.436 e. The number of piperidine rings is 3. The molecule has 0 aliphatic carbocycles. The minimum atomic E-state index is -1.02. The Hall–Kier alpha value is -4.38. The first-order valence-corrected chi connectivity index (χ1v) is 17.0. The molecule has 1 unspecified atom stereocenters. The Morgan fingerprint density at radius 1 is 0.894 bits per heavy atom. The molecule has 2 N–H and O–H groups in total. The largest absolute Gasteiger partial charge is 0.436 e. The molecular weight excluding hydrogens is 598 g/mol. The predicted octanol–water partition coefficient (Wildman–Crippen LogP) is 4.68. The van der Waals surface area contributed by atoms with Gasteiger partial charge in [-0.05, 0) is 99.2 Å². The van der Waals surface area contributed by atoms with Crippen LogP contribution in [-0.4, -0.2) is 88.1 Å². The van der Waals surface area contributed by atoms with Crippen LogP contribution in [0.2, 0.25) is 0 Å². The van der Waals surface area contributed by atoms with E-state index in [9.17, 15) is 19.2 Å². The Morgan fingerprint density at radius 2 is 1.62 bits per heavy atom. The molecule has 3 saturated heterocycles. The van der Waals surface area contributed by atoms with Crippen molar-refractivity contribution in [1.82, 2.24) is 24.7 Å². The molecule has 2 aromatic carbocycles. The summed E-state index contributed by atoms with van der Waals surface area (Å²) in [4.78, 5) is 64.1. The summed E-state index contributed by atoms with van der Waals surface area (Å²) in [6, 6.07) is 13.8. The van der Waals surface area contributed by atoms with Crippen LogP contribution < -0.4 is 11.3 Å². The SMILES string of the molecule is Cc1cc(CC(OC(=O)N2CCC(c3cc4ccccc4[nH]c3=O)CC2)C(=O)N2CCC(N3CCCCC3)CC2)cc2oc(=O)[nH]c12. The summed E-state index contributed by atoms with van der Waals surface area (Å²) in [6.45, 7) is 6.24. The number of amides is 2. The van der Waals surface area contributed by atoms with E-state index in [4.69, 9.17) is 9.15 Å². The minimum absolute atomic E-state index is 0.0248. The van der Waals surface area contributed by atoms with Gasteiger partial charge in [-0.3, -0.25) is 14.6 Å². The van der Waals surface area contributed by atoms with E-state index in [-0.39, 0.29) is 23.8 Å². The van der Waals surface area contributed by atoms with Gasteiger partial charge >= 0.3 is 11.8 Å². The van der Waals surface area contributed by atoms with E-state index in [0.29, 0.717) is 56.2 Å². The Balaban J connectivity index is 1.05. The van der Waals surface area contributed by atoms with Crippen LogP contribution in [0.25, 0.3) is 22.0 Å². The predicted molar refractivity (Wildman–Crippen MR) is 179 cm³/mol. The summed E-state index contributed by atoms with van der Waals surface area (Å²) in [5.74, 6) is -0.706. The van der Waals surface area contributed by atoms with Crippen LogP contribution in [0.1, 0.15) is 67.6 Å². The number of pyridine rings is 1. The van der Waals surface area contributed by atoms with Gasteiger partial charge in [0.05, 0.1) is 5.52 Å². The maximum absolute atomic E-state index is 14.0. The van der Waals surface area contributed by atoms with Gasteiger partial charge in [-0.15, -0.1) is 0 Å². The molecule has 11 heteroatoms. The topological polar surface area (TPSA) is 132 Å². The van der Waals surface area contributed by atoms with E-state index in [2.05, 4.69) is 14.9 Å². The first-order valence-electron chi connectivity index (χ1n) is 17.0. The molecule has 0 saturated carbocycles. The highest BCUT2D eigenvalue weighted by atomic mass is 16.6. The van der Waals surface area contributed by atoms with Gasteiger partial charge in [0.15, 0.2) is 11.7 Å². The number of aryl methyl sites for hydroxylation is 1. The summed E-state index contributed by atoms with van der Waals surface area (Å²) < 4.78 is 11.4. The second kappa shape index (κ2) is 13.4. The van der Waals surface area contributed by atoms with Crippen LogP contribution in [0.4, 0.5) is 4.79 Å². The van der Waals surface area contributed by atoms with Gasteiger partial charge in [0, 0.05) is 49.7 Å². The third-order valence-electron chi connectivity index (χ3n) is 10.4. The zero-order valence-corrected chi connectivity index (χ0v) is 27.0. The van der Waals surface area contributed by atoms with E-state index in [0.717, 1.165) is 53.5 Å². The Kier molecular flexibility index (Phi) is 8.90. The fourth-order valence-corrected chi connectivity index (χ4v) is 7.78. The molecule has 11 nitrogen and oxygen atoms in total. The number of hydrogen-bond donors (Lipinski definition) is 2. The van der Waals surface area contributed by atoms with E-state index < -0.39 is 18.0 Å². The molecule has 0 radical (unpaired) electrons. The monoisotopic (exact) mass is 641 g/mol. The van der Waals surface area contributed by atoms with E-state index in [1.54, 1.807) is 11.0 Å². The van der Waals surface area contributed by atoms with E-state index >= 15 is 0 Å². The van der Waals surface area contributed by atoms with Gasteiger partial charge in [-0.2, -0.15) is 0 Å². The number of nitrogens with zero attached hydrogens (tertiary/aromatic N) is 3. The number of oxazole rings is 1. The third-order valence-corrected chi connectivity index (χ3v) is 10.4. The average molecular weight is 642 g/mol. The van der Waals surface area contributed by atoms with Crippen molar-refractivity contribution in [3.63, 3.8) is 0 Å². The first kappa shape index (κ1) is 31.2. The number of nitrogens with one attached hydrogen (secondary N) is 2. The molecule has 3 aliphatic rings. The second-order valence-electron chi connectivity index (χ2n) is 13.4. The van der Waals surface area contributed by atoms with Crippen LogP contribution in [0.3, 0.4) is 0 Å². The van der Waals surface area contributed by atoms with Gasteiger partial charge in [0.2, 0.25) is 0 Å². The molecule has 2 amide bonds. The second-order valence-corrected chi connectivity index (χ2v) is 13.4. The number of likely N-dealkylation sites (tertiary alicyclic amines) is 3. The van der Waals surface area contributed by atoms with Crippen LogP contribution >= 0.6 is 0 Å². The molecule has 7 rings (SSSR count). The van der Waals surface area contributed by atoms with Crippen molar-refractivity contribution in [3.05, 3.63) is 80.1 Å². The summed E-state index contributed by atoms with van der Waals surface area (Å²) in [7, 11) is 0. The van der Waals surface area contributed by atoms with Gasteiger partial charge < -0.3 is 28.8 Å². The zero-order chi connectivity index (χ0) is 32.5. The van der Waals surface area contributed by atoms with Crippen molar-refractivity contribution >= 4 is 34.0 Å². The van der Waals surface area contributed by atoms with Gasteiger partial charge in [-0.25, -0.2) is 9.59 Å².